The quantitative estimate of drug-likeness (QED) is 0.774. The number of aromatic nitrogens is 3. The van der Waals surface area contributed by atoms with Crippen LogP contribution in [0, 0.1) is 0 Å². The third kappa shape index (κ3) is 3.46. The van der Waals surface area contributed by atoms with Crippen LogP contribution in [-0.4, -0.2) is 27.0 Å². The fourth-order valence-electron chi connectivity index (χ4n) is 1.70. The zero-order valence-electron chi connectivity index (χ0n) is 10.5. The smallest absolute Gasteiger partial charge is 0.225 e. The summed E-state index contributed by atoms with van der Waals surface area (Å²) in [5.74, 6) is 0.931. The molecule has 0 amide bonds. The Hall–Kier alpha value is -0.610. The van der Waals surface area contributed by atoms with Crippen molar-refractivity contribution in [1.82, 2.24) is 14.8 Å². The van der Waals surface area contributed by atoms with E-state index in [-0.39, 0.29) is 5.60 Å². The molecule has 0 aliphatic carbocycles. The van der Waals surface area contributed by atoms with Gasteiger partial charge in [-0.1, -0.05) is 6.92 Å². The zero-order valence-corrected chi connectivity index (χ0v) is 11.2. The summed E-state index contributed by atoms with van der Waals surface area (Å²) in [4.78, 5) is 0. The predicted octanol–water partition coefficient (Wildman–Crippen LogP) is 2.70. The number of ether oxygens (including phenoxy) is 1. The highest BCUT2D eigenvalue weighted by molar-refractivity contribution is 6.28. The Kier molecular flexibility index (Phi) is 4.74. The van der Waals surface area contributed by atoms with Gasteiger partial charge in [0.25, 0.3) is 0 Å². The highest BCUT2D eigenvalue weighted by Crippen LogP contribution is 2.18. The molecule has 0 bridgehead atoms. The topological polar surface area (TPSA) is 39.9 Å². The van der Waals surface area contributed by atoms with Gasteiger partial charge in [0.1, 0.15) is 5.82 Å². The lowest BCUT2D eigenvalue weighted by Crippen LogP contribution is -2.31. The first-order chi connectivity index (χ1) is 7.50. The van der Waals surface area contributed by atoms with Gasteiger partial charge in [-0.05, 0) is 38.8 Å². The molecule has 0 saturated heterocycles. The molecule has 0 radical (unpaired) electrons. The Morgan fingerprint density at radius 2 is 2.00 bits per heavy atom. The molecule has 0 aliphatic rings. The first kappa shape index (κ1) is 13.5. The van der Waals surface area contributed by atoms with Crippen molar-refractivity contribution < 1.29 is 4.74 Å². The van der Waals surface area contributed by atoms with Crippen LogP contribution in [0.4, 0.5) is 0 Å². The SMILES string of the molecule is CCCc1nnc(Cl)n1CC(C)(C)OCC. The van der Waals surface area contributed by atoms with E-state index in [0.717, 1.165) is 18.7 Å². The Morgan fingerprint density at radius 1 is 1.31 bits per heavy atom. The largest absolute Gasteiger partial charge is 0.374 e. The van der Waals surface area contributed by atoms with E-state index in [0.29, 0.717) is 18.4 Å². The van der Waals surface area contributed by atoms with Gasteiger partial charge >= 0.3 is 0 Å². The Balaban J connectivity index is 2.82. The predicted molar refractivity (Wildman–Crippen MR) is 64.7 cm³/mol. The molecule has 4 nitrogen and oxygen atoms in total. The van der Waals surface area contributed by atoms with Gasteiger partial charge in [-0.2, -0.15) is 0 Å². The lowest BCUT2D eigenvalue weighted by molar-refractivity contribution is -0.0229. The monoisotopic (exact) mass is 245 g/mol. The molecule has 16 heavy (non-hydrogen) atoms. The number of nitrogens with zero attached hydrogens (tertiary/aromatic N) is 3. The van der Waals surface area contributed by atoms with Crippen LogP contribution in [-0.2, 0) is 17.7 Å². The van der Waals surface area contributed by atoms with Crippen LogP contribution in [0.15, 0.2) is 0 Å². The van der Waals surface area contributed by atoms with Gasteiger partial charge in [-0.3, -0.25) is 4.57 Å². The highest BCUT2D eigenvalue weighted by Gasteiger charge is 2.22. The average molecular weight is 246 g/mol. The van der Waals surface area contributed by atoms with Crippen molar-refractivity contribution in [3.8, 4) is 0 Å². The summed E-state index contributed by atoms with van der Waals surface area (Å²) in [6.45, 7) is 9.56. The van der Waals surface area contributed by atoms with Crippen LogP contribution in [0.25, 0.3) is 0 Å². The van der Waals surface area contributed by atoms with E-state index < -0.39 is 0 Å². The molecule has 1 aromatic rings. The average Bonchev–Trinajstić information content (AvgIpc) is 2.50. The minimum absolute atomic E-state index is 0.247. The van der Waals surface area contributed by atoms with Crippen molar-refractivity contribution in [2.45, 2.75) is 52.7 Å². The molecule has 0 aliphatic heterocycles. The number of rotatable bonds is 6. The second kappa shape index (κ2) is 5.64. The molecular weight excluding hydrogens is 226 g/mol. The molecule has 0 N–H and O–H groups in total. The van der Waals surface area contributed by atoms with Gasteiger partial charge < -0.3 is 4.74 Å². The lowest BCUT2D eigenvalue weighted by atomic mass is 10.1. The molecule has 0 saturated carbocycles. The summed E-state index contributed by atoms with van der Waals surface area (Å²) in [6.07, 6.45) is 1.92. The zero-order chi connectivity index (χ0) is 12.2. The first-order valence-electron chi connectivity index (χ1n) is 5.71. The van der Waals surface area contributed by atoms with E-state index in [1.165, 1.54) is 0 Å². The second-order valence-electron chi connectivity index (χ2n) is 4.41. The molecule has 92 valence electrons. The maximum atomic E-state index is 6.02. The van der Waals surface area contributed by atoms with E-state index in [1.54, 1.807) is 0 Å². The third-order valence-electron chi connectivity index (χ3n) is 2.33. The van der Waals surface area contributed by atoms with Crippen molar-refractivity contribution in [3.05, 3.63) is 11.1 Å². The fraction of sp³-hybridized carbons (Fsp3) is 0.818. The molecule has 0 fully saturated rings. The number of hydrogen-bond donors (Lipinski definition) is 0. The Bertz CT molecular complexity index is 336. The van der Waals surface area contributed by atoms with Crippen molar-refractivity contribution in [3.63, 3.8) is 0 Å². The maximum absolute atomic E-state index is 6.02. The number of hydrogen-bond acceptors (Lipinski definition) is 3. The van der Waals surface area contributed by atoms with Crippen LogP contribution < -0.4 is 0 Å². The molecule has 0 aromatic carbocycles. The Morgan fingerprint density at radius 3 is 2.56 bits per heavy atom. The van der Waals surface area contributed by atoms with Gasteiger partial charge in [0, 0.05) is 13.0 Å². The molecule has 0 unspecified atom stereocenters. The van der Waals surface area contributed by atoms with Crippen molar-refractivity contribution in [2.75, 3.05) is 6.61 Å². The van der Waals surface area contributed by atoms with Crippen molar-refractivity contribution in [2.24, 2.45) is 0 Å². The molecule has 0 spiro atoms. The summed E-state index contributed by atoms with van der Waals surface area (Å²) in [5, 5.41) is 8.42. The molecular formula is C11H20ClN3O. The van der Waals surface area contributed by atoms with Gasteiger partial charge in [-0.15, -0.1) is 10.2 Å². The van der Waals surface area contributed by atoms with Gasteiger partial charge in [0.2, 0.25) is 5.28 Å². The molecule has 5 heteroatoms. The standard InChI is InChI=1S/C11H20ClN3O/c1-5-7-9-13-14-10(12)15(9)8-11(3,4)16-6-2/h5-8H2,1-4H3. The van der Waals surface area contributed by atoms with E-state index in [1.807, 2.05) is 25.3 Å². The van der Waals surface area contributed by atoms with Gasteiger partial charge in [-0.25, -0.2) is 0 Å². The first-order valence-corrected chi connectivity index (χ1v) is 6.09. The highest BCUT2D eigenvalue weighted by atomic mass is 35.5. The van der Waals surface area contributed by atoms with E-state index in [2.05, 4.69) is 17.1 Å². The maximum Gasteiger partial charge on any atom is 0.225 e. The normalized spacial score (nSPS) is 12.1. The number of halogens is 1. The van der Waals surface area contributed by atoms with E-state index in [4.69, 9.17) is 16.3 Å². The van der Waals surface area contributed by atoms with Crippen LogP contribution in [0.2, 0.25) is 5.28 Å². The summed E-state index contributed by atoms with van der Waals surface area (Å²) >= 11 is 6.02. The van der Waals surface area contributed by atoms with Crippen LogP contribution in [0.1, 0.15) is 39.9 Å². The van der Waals surface area contributed by atoms with Crippen LogP contribution in [0.5, 0.6) is 0 Å². The molecule has 1 rings (SSSR count). The molecule has 1 heterocycles. The summed E-state index contributed by atoms with van der Waals surface area (Å²) in [6, 6.07) is 0. The fourth-order valence-corrected chi connectivity index (χ4v) is 1.89. The minimum atomic E-state index is -0.247. The van der Waals surface area contributed by atoms with Crippen LogP contribution in [0.3, 0.4) is 0 Å². The lowest BCUT2D eigenvalue weighted by Gasteiger charge is -2.25. The number of aryl methyl sites for hydroxylation is 1. The summed E-state index contributed by atoms with van der Waals surface area (Å²) in [5.41, 5.74) is -0.247. The third-order valence-corrected chi connectivity index (χ3v) is 2.61. The summed E-state index contributed by atoms with van der Waals surface area (Å²) < 4.78 is 7.59. The van der Waals surface area contributed by atoms with Crippen molar-refractivity contribution in [1.29, 1.82) is 0 Å². The molecule has 1 aromatic heterocycles. The van der Waals surface area contributed by atoms with E-state index >= 15 is 0 Å². The van der Waals surface area contributed by atoms with Gasteiger partial charge in [0.05, 0.1) is 12.1 Å². The van der Waals surface area contributed by atoms with Gasteiger partial charge in [0.15, 0.2) is 0 Å². The van der Waals surface area contributed by atoms with Crippen LogP contribution >= 0.6 is 11.6 Å². The minimum Gasteiger partial charge on any atom is -0.374 e. The van der Waals surface area contributed by atoms with E-state index in [9.17, 15) is 0 Å². The second-order valence-corrected chi connectivity index (χ2v) is 4.75. The molecule has 0 atom stereocenters. The Labute approximate surface area is 102 Å². The van der Waals surface area contributed by atoms with Crippen molar-refractivity contribution >= 4 is 11.6 Å². The summed E-state index contributed by atoms with van der Waals surface area (Å²) in [7, 11) is 0.